The van der Waals surface area contributed by atoms with E-state index in [2.05, 4.69) is 11.9 Å². The van der Waals surface area contributed by atoms with Gasteiger partial charge in [0, 0.05) is 12.4 Å². The lowest BCUT2D eigenvalue weighted by Crippen LogP contribution is -2.27. The molecule has 2 nitrogen and oxygen atoms in total. The Balaban J connectivity index is 2.41. The van der Waals surface area contributed by atoms with Crippen molar-refractivity contribution in [2.75, 3.05) is 0 Å². The lowest BCUT2D eigenvalue weighted by atomic mass is 9.83. The van der Waals surface area contributed by atoms with Crippen molar-refractivity contribution >= 4 is 0 Å². The SMILES string of the molecule is CCCCC(O)(c1ccccc1)c1ccncc1. The van der Waals surface area contributed by atoms with Gasteiger partial charge in [-0.05, 0) is 29.7 Å². The van der Waals surface area contributed by atoms with Crippen molar-refractivity contribution in [1.82, 2.24) is 4.98 Å². The van der Waals surface area contributed by atoms with Gasteiger partial charge in [-0.25, -0.2) is 0 Å². The Morgan fingerprint density at radius 1 is 1.00 bits per heavy atom. The number of aliphatic hydroxyl groups is 1. The third kappa shape index (κ3) is 2.59. The molecule has 0 aliphatic carbocycles. The molecule has 0 aliphatic rings. The molecule has 1 heterocycles. The highest BCUT2D eigenvalue weighted by Gasteiger charge is 2.30. The fourth-order valence-electron chi connectivity index (χ4n) is 2.23. The number of rotatable bonds is 5. The molecule has 0 fully saturated rings. The van der Waals surface area contributed by atoms with Gasteiger partial charge in [0.15, 0.2) is 0 Å². The van der Waals surface area contributed by atoms with Gasteiger partial charge in [-0.3, -0.25) is 4.98 Å². The third-order valence-electron chi connectivity index (χ3n) is 3.30. The maximum atomic E-state index is 11.1. The van der Waals surface area contributed by atoms with E-state index in [9.17, 15) is 5.11 Å². The van der Waals surface area contributed by atoms with E-state index in [1.54, 1.807) is 12.4 Å². The number of unbranched alkanes of at least 4 members (excludes halogenated alkanes) is 1. The third-order valence-corrected chi connectivity index (χ3v) is 3.30. The van der Waals surface area contributed by atoms with E-state index >= 15 is 0 Å². The number of hydrogen-bond donors (Lipinski definition) is 1. The molecule has 1 N–H and O–H groups in total. The van der Waals surface area contributed by atoms with Gasteiger partial charge >= 0.3 is 0 Å². The number of hydrogen-bond acceptors (Lipinski definition) is 2. The second-order valence-corrected chi connectivity index (χ2v) is 4.57. The minimum absolute atomic E-state index is 0.734. The van der Waals surface area contributed by atoms with E-state index in [-0.39, 0.29) is 0 Å². The summed E-state index contributed by atoms with van der Waals surface area (Å²) < 4.78 is 0. The highest BCUT2D eigenvalue weighted by Crippen LogP contribution is 2.34. The van der Waals surface area contributed by atoms with E-state index in [1.165, 1.54) is 0 Å². The summed E-state index contributed by atoms with van der Waals surface area (Å²) in [5.41, 5.74) is 0.960. The van der Waals surface area contributed by atoms with Gasteiger partial charge in [0.1, 0.15) is 5.60 Å². The number of benzene rings is 1. The van der Waals surface area contributed by atoms with Crippen LogP contribution in [0.5, 0.6) is 0 Å². The van der Waals surface area contributed by atoms with Crippen molar-refractivity contribution in [2.45, 2.75) is 31.8 Å². The summed E-state index contributed by atoms with van der Waals surface area (Å²) in [6.45, 7) is 2.14. The molecule has 2 heteroatoms. The molecule has 0 saturated carbocycles. The van der Waals surface area contributed by atoms with Crippen molar-refractivity contribution in [3.05, 3.63) is 66.0 Å². The maximum absolute atomic E-state index is 11.1. The summed E-state index contributed by atoms with van der Waals surface area (Å²) in [5, 5.41) is 11.1. The Morgan fingerprint density at radius 3 is 2.22 bits per heavy atom. The first kappa shape index (κ1) is 12.8. The van der Waals surface area contributed by atoms with Gasteiger partial charge in [0.2, 0.25) is 0 Å². The van der Waals surface area contributed by atoms with Crippen LogP contribution in [0.4, 0.5) is 0 Å². The zero-order valence-corrected chi connectivity index (χ0v) is 10.7. The number of pyridine rings is 1. The predicted octanol–water partition coefficient (Wildman–Crippen LogP) is 3.51. The maximum Gasteiger partial charge on any atom is 0.115 e. The van der Waals surface area contributed by atoms with E-state index in [1.807, 2.05) is 42.5 Å². The number of nitrogens with zero attached hydrogens (tertiary/aromatic N) is 1. The van der Waals surface area contributed by atoms with Crippen LogP contribution in [-0.2, 0) is 5.60 Å². The molecule has 0 amide bonds. The predicted molar refractivity (Wildman–Crippen MR) is 73.2 cm³/mol. The quantitative estimate of drug-likeness (QED) is 0.869. The van der Waals surface area contributed by atoms with Crippen LogP contribution >= 0.6 is 0 Å². The van der Waals surface area contributed by atoms with E-state index in [4.69, 9.17) is 0 Å². The van der Waals surface area contributed by atoms with E-state index in [0.717, 1.165) is 30.4 Å². The van der Waals surface area contributed by atoms with Crippen molar-refractivity contribution in [2.24, 2.45) is 0 Å². The molecule has 1 aromatic heterocycles. The molecular weight excluding hydrogens is 222 g/mol. The lowest BCUT2D eigenvalue weighted by molar-refractivity contribution is 0.0684. The first-order valence-electron chi connectivity index (χ1n) is 6.46. The van der Waals surface area contributed by atoms with Crippen LogP contribution in [0.25, 0.3) is 0 Å². The molecule has 1 unspecified atom stereocenters. The largest absolute Gasteiger partial charge is 0.380 e. The molecule has 0 radical (unpaired) electrons. The molecule has 0 spiro atoms. The summed E-state index contributed by atoms with van der Waals surface area (Å²) in [7, 11) is 0. The van der Waals surface area contributed by atoms with Gasteiger partial charge in [-0.15, -0.1) is 0 Å². The average molecular weight is 241 g/mol. The van der Waals surface area contributed by atoms with Crippen molar-refractivity contribution in [3.63, 3.8) is 0 Å². The van der Waals surface area contributed by atoms with Crippen molar-refractivity contribution < 1.29 is 5.11 Å². The zero-order valence-electron chi connectivity index (χ0n) is 10.7. The van der Waals surface area contributed by atoms with Crippen LogP contribution in [0.3, 0.4) is 0 Å². The van der Waals surface area contributed by atoms with Crippen molar-refractivity contribution in [3.8, 4) is 0 Å². The Bertz CT molecular complexity index is 427. The van der Waals surface area contributed by atoms with Crippen molar-refractivity contribution in [1.29, 1.82) is 0 Å². The molecular formula is C16H19NO. The van der Waals surface area contributed by atoms with Gasteiger partial charge in [0.25, 0.3) is 0 Å². The Hall–Kier alpha value is -1.67. The molecule has 0 saturated heterocycles. The highest BCUT2D eigenvalue weighted by atomic mass is 16.3. The highest BCUT2D eigenvalue weighted by molar-refractivity contribution is 5.34. The van der Waals surface area contributed by atoms with Crippen LogP contribution in [0.1, 0.15) is 37.3 Å². The Morgan fingerprint density at radius 2 is 1.61 bits per heavy atom. The Labute approximate surface area is 108 Å². The normalized spacial score (nSPS) is 14.1. The topological polar surface area (TPSA) is 33.1 Å². The molecule has 2 rings (SSSR count). The second-order valence-electron chi connectivity index (χ2n) is 4.57. The molecule has 1 aromatic carbocycles. The summed E-state index contributed by atoms with van der Waals surface area (Å²) in [5.74, 6) is 0. The summed E-state index contributed by atoms with van der Waals surface area (Å²) in [6.07, 6.45) is 6.26. The zero-order chi connectivity index (χ0) is 12.8. The molecule has 0 bridgehead atoms. The summed E-state index contributed by atoms with van der Waals surface area (Å²) in [4.78, 5) is 4.02. The fraction of sp³-hybridized carbons (Fsp3) is 0.312. The molecule has 2 aromatic rings. The van der Waals surface area contributed by atoms with Gasteiger partial charge < -0.3 is 5.11 Å². The van der Waals surface area contributed by atoms with Crippen LogP contribution in [-0.4, -0.2) is 10.1 Å². The first-order valence-corrected chi connectivity index (χ1v) is 6.46. The smallest absolute Gasteiger partial charge is 0.115 e. The van der Waals surface area contributed by atoms with Crippen LogP contribution in [0.15, 0.2) is 54.9 Å². The monoisotopic (exact) mass is 241 g/mol. The lowest BCUT2D eigenvalue weighted by Gasteiger charge is -2.29. The molecule has 1 atom stereocenters. The average Bonchev–Trinajstić information content (AvgIpc) is 2.46. The standard InChI is InChI=1S/C16H19NO/c1-2-3-11-16(18,14-7-5-4-6-8-14)15-9-12-17-13-10-15/h4-10,12-13,18H,2-3,11H2,1H3. The summed E-state index contributed by atoms with van der Waals surface area (Å²) >= 11 is 0. The summed E-state index contributed by atoms with van der Waals surface area (Å²) in [6, 6.07) is 13.6. The van der Waals surface area contributed by atoms with Crippen LogP contribution < -0.4 is 0 Å². The Kier molecular flexibility index (Phi) is 4.11. The second kappa shape index (κ2) is 5.78. The van der Waals surface area contributed by atoms with E-state index < -0.39 is 5.60 Å². The van der Waals surface area contributed by atoms with Crippen LogP contribution in [0, 0.1) is 0 Å². The van der Waals surface area contributed by atoms with Gasteiger partial charge in [0.05, 0.1) is 0 Å². The van der Waals surface area contributed by atoms with Gasteiger partial charge in [-0.1, -0.05) is 50.1 Å². The number of aromatic nitrogens is 1. The van der Waals surface area contributed by atoms with E-state index in [0.29, 0.717) is 0 Å². The molecule has 94 valence electrons. The first-order chi connectivity index (χ1) is 8.77. The minimum atomic E-state index is -0.903. The van der Waals surface area contributed by atoms with Gasteiger partial charge in [-0.2, -0.15) is 0 Å². The van der Waals surface area contributed by atoms with Crippen LogP contribution in [0.2, 0.25) is 0 Å². The molecule has 0 aliphatic heterocycles. The fourth-order valence-corrected chi connectivity index (χ4v) is 2.23. The molecule has 18 heavy (non-hydrogen) atoms. The minimum Gasteiger partial charge on any atom is -0.380 e.